The average Bonchev–Trinajstić information content (AvgIpc) is 2.42. The minimum atomic E-state index is 0.0710. The Bertz CT molecular complexity index is 484. The van der Waals surface area contributed by atoms with Gasteiger partial charge in [0.15, 0.2) is 0 Å². The van der Waals surface area contributed by atoms with Crippen LogP contribution in [0.5, 0.6) is 0 Å². The maximum atomic E-state index is 5.96. The minimum absolute atomic E-state index is 0.0710. The number of anilines is 1. The molecule has 3 N–H and O–H groups in total. The first kappa shape index (κ1) is 12.5. The van der Waals surface area contributed by atoms with E-state index in [1.165, 1.54) is 0 Å². The summed E-state index contributed by atoms with van der Waals surface area (Å²) in [6.45, 7) is 3.07. The summed E-state index contributed by atoms with van der Waals surface area (Å²) in [5, 5.41) is 3.50. The number of rotatable bonds is 5. The van der Waals surface area contributed by atoms with E-state index in [0.717, 1.165) is 24.1 Å². The second-order valence-corrected chi connectivity index (χ2v) is 4.15. The van der Waals surface area contributed by atoms with Gasteiger partial charge >= 0.3 is 0 Å². The fraction of sp³-hybridized carbons (Fsp3) is 0.286. The highest BCUT2D eigenvalue weighted by atomic mass is 14.9. The molecule has 0 amide bonds. The zero-order valence-electron chi connectivity index (χ0n) is 10.5. The molecule has 2 aromatic heterocycles. The number of nitrogens with one attached hydrogen (secondary N) is 1. The number of nitrogens with two attached hydrogens (primary N) is 1. The Hall–Kier alpha value is -1.94. The first-order chi connectivity index (χ1) is 8.83. The third-order valence-electron chi connectivity index (χ3n) is 2.82. The van der Waals surface area contributed by atoms with Crippen molar-refractivity contribution in [1.82, 2.24) is 15.3 Å². The molecule has 4 nitrogen and oxygen atoms in total. The van der Waals surface area contributed by atoms with E-state index in [4.69, 9.17) is 5.73 Å². The van der Waals surface area contributed by atoms with Crippen LogP contribution in [0.3, 0.4) is 0 Å². The molecule has 0 spiro atoms. The summed E-state index contributed by atoms with van der Waals surface area (Å²) in [5.41, 5.74) is 8.13. The second kappa shape index (κ2) is 6.12. The third kappa shape index (κ3) is 2.84. The molecule has 0 saturated carbocycles. The summed E-state index contributed by atoms with van der Waals surface area (Å²) in [5.74, 6) is 0.572. The van der Waals surface area contributed by atoms with Crippen molar-refractivity contribution in [3.8, 4) is 0 Å². The number of pyridine rings is 2. The van der Waals surface area contributed by atoms with Crippen molar-refractivity contribution < 1.29 is 0 Å². The van der Waals surface area contributed by atoms with Crippen molar-refractivity contribution in [2.24, 2.45) is 0 Å². The number of nitrogen functional groups attached to an aromatic ring is 1. The van der Waals surface area contributed by atoms with Crippen molar-refractivity contribution in [1.29, 1.82) is 0 Å². The molecule has 0 saturated heterocycles. The Morgan fingerprint density at radius 2 is 2.00 bits per heavy atom. The molecule has 0 radical (unpaired) electrons. The van der Waals surface area contributed by atoms with Gasteiger partial charge in [0, 0.05) is 24.2 Å². The van der Waals surface area contributed by atoms with Crippen molar-refractivity contribution in [2.75, 3.05) is 12.3 Å². The summed E-state index contributed by atoms with van der Waals surface area (Å²) < 4.78 is 0. The molecule has 1 unspecified atom stereocenters. The van der Waals surface area contributed by atoms with Crippen LogP contribution >= 0.6 is 0 Å². The molecule has 2 heterocycles. The Balaban J connectivity index is 2.34. The van der Waals surface area contributed by atoms with Crippen LogP contribution in [0.4, 0.5) is 5.82 Å². The monoisotopic (exact) mass is 242 g/mol. The molecule has 0 aromatic carbocycles. The molecular weight excluding hydrogens is 224 g/mol. The van der Waals surface area contributed by atoms with Gasteiger partial charge in [0.25, 0.3) is 0 Å². The number of nitrogens with zero attached hydrogens (tertiary/aromatic N) is 2. The van der Waals surface area contributed by atoms with Crippen LogP contribution in [0.25, 0.3) is 0 Å². The van der Waals surface area contributed by atoms with Gasteiger partial charge in [-0.05, 0) is 36.7 Å². The van der Waals surface area contributed by atoms with Crippen LogP contribution in [0.1, 0.15) is 30.5 Å². The van der Waals surface area contributed by atoms with Crippen LogP contribution in [-0.2, 0) is 0 Å². The summed E-state index contributed by atoms with van der Waals surface area (Å²) in [6.07, 6.45) is 6.37. The normalized spacial score (nSPS) is 12.3. The van der Waals surface area contributed by atoms with E-state index in [0.29, 0.717) is 5.82 Å². The summed E-state index contributed by atoms with van der Waals surface area (Å²) >= 11 is 0. The minimum Gasteiger partial charge on any atom is -0.383 e. The fourth-order valence-electron chi connectivity index (χ4n) is 1.93. The summed E-state index contributed by atoms with van der Waals surface area (Å²) in [4.78, 5) is 8.21. The molecule has 1 atom stereocenters. The lowest BCUT2D eigenvalue weighted by atomic mass is 10.00. The Labute approximate surface area is 107 Å². The van der Waals surface area contributed by atoms with Crippen LogP contribution in [0, 0.1) is 0 Å². The second-order valence-electron chi connectivity index (χ2n) is 4.15. The fourth-order valence-corrected chi connectivity index (χ4v) is 1.93. The topological polar surface area (TPSA) is 63.8 Å². The van der Waals surface area contributed by atoms with Gasteiger partial charge in [-0.25, -0.2) is 4.98 Å². The lowest BCUT2D eigenvalue weighted by molar-refractivity contribution is 0.598. The highest BCUT2D eigenvalue weighted by Gasteiger charge is 2.15. The predicted octanol–water partition coefficient (Wildman–Crippen LogP) is 2.15. The Morgan fingerprint density at radius 3 is 2.67 bits per heavy atom. The van der Waals surface area contributed by atoms with E-state index >= 15 is 0 Å². The largest absolute Gasteiger partial charge is 0.383 e. The van der Waals surface area contributed by atoms with Crippen molar-refractivity contribution in [3.05, 3.63) is 54.0 Å². The Kier molecular flexibility index (Phi) is 4.25. The van der Waals surface area contributed by atoms with Gasteiger partial charge in [-0.15, -0.1) is 0 Å². The molecule has 2 aromatic rings. The van der Waals surface area contributed by atoms with E-state index < -0.39 is 0 Å². The quantitative estimate of drug-likeness (QED) is 0.843. The Morgan fingerprint density at radius 1 is 1.22 bits per heavy atom. The molecule has 0 fully saturated rings. The predicted molar refractivity (Wildman–Crippen MR) is 73.0 cm³/mol. The molecule has 18 heavy (non-hydrogen) atoms. The van der Waals surface area contributed by atoms with E-state index in [1.54, 1.807) is 18.6 Å². The zero-order valence-corrected chi connectivity index (χ0v) is 10.5. The van der Waals surface area contributed by atoms with Crippen LogP contribution < -0.4 is 11.1 Å². The lowest BCUT2D eigenvalue weighted by Gasteiger charge is -2.20. The molecule has 0 aliphatic heterocycles. The number of hydrogen-bond acceptors (Lipinski definition) is 4. The molecule has 0 aliphatic carbocycles. The SMILES string of the molecule is CCCNC(c1ccncc1)c1cccnc1N. The first-order valence-electron chi connectivity index (χ1n) is 6.16. The first-order valence-corrected chi connectivity index (χ1v) is 6.16. The standard InChI is InChI=1S/C14H18N4/c1-2-7-17-13(11-5-9-16-10-6-11)12-4-3-8-18-14(12)15/h3-6,8-10,13,17H,2,7H2,1H3,(H2,15,18). The average molecular weight is 242 g/mol. The molecule has 4 heteroatoms. The van der Waals surface area contributed by atoms with Crippen molar-refractivity contribution in [2.45, 2.75) is 19.4 Å². The lowest BCUT2D eigenvalue weighted by Crippen LogP contribution is -2.24. The van der Waals surface area contributed by atoms with E-state index in [-0.39, 0.29) is 6.04 Å². The van der Waals surface area contributed by atoms with Gasteiger partial charge in [0.2, 0.25) is 0 Å². The summed E-state index contributed by atoms with van der Waals surface area (Å²) in [7, 11) is 0. The molecule has 94 valence electrons. The number of aromatic nitrogens is 2. The van der Waals surface area contributed by atoms with E-state index in [1.807, 2.05) is 24.3 Å². The highest BCUT2D eigenvalue weighted by Crippen LogP contribution is 2.24. The van der Waals surface area contributed by atoms with Crippen LogP contribution in [0.15, 0.2) is 42.9 Å². The smallest absolute Gasteiger partial charge is 0.128 e. The third-order valence-corrected chi connectivity index (χ3v) is 2.82. The maximum absolute atomic E-state index is 5.96. The maximum Gasteiger partial charge on any atom is 0.128 e. The van der Waals surface area contributed by atoms with Gasteiger partial charge in [0.05, 0.1) is 6.04 Å². The summed E-state index contributed by atoms with van der Waals surface area (Å²) in [6, 6.07) is 7.99. The van der Waals surface area contributed by atoms with Crippen molar-refractivity contribution in [3.63, 3.8) is 0 Å². The highest BCUT2D eigenvalue weighted by molar-refractivity contribution is 5.45. The van der Waals surface area contributed by atoms with Gasteiger partial charge in [-0.1, -0.05) is 13.0 Å². The molecule has 0 bridgehead atoms. The molecule has 0 aliphatic rings. The van der Waals surface area contributed by atoms with E-state index in [9.17, 15) is 0 Å². The van der Waals surface area contributed by atoms with Crippen LogP contribution in [-0.4, -0.2) is 16.5 Å². The van der Waals surface area contributed by atoms with Gasteiger partial charge in [-0.2, -0.15) is 0 Å². The zero-order chi connectivity index (χ0) is 12.8. The number of hydrogen-bond donors (Lipinski definition) is 2. The van der Waals surface area contributed by atoms with Crippen molar-refractivity contribution >= 4 is 5.82 Å². The van der Waals surface area contributed by atoms with E-state index in [2.05, 4.69) is 22.2 Å². The van der Waals surface area contributed by atoms with Crippen LogP contribution in [0.2, 0.25) is 0 Å². The van der Waals surface area contributed by atoms with Gasteiger partial charge in [0.1, 0.15) is 5.82 Å². The molecule has 2 rings (SSSR count). The van der Waals surface area contributed by atoms with Gasteiger partial charge in [-0.3, -0.25) is 4.98 Å². The van der Waals surface area contributed by atoms with Gasteiger partial charge < -0.3 is 11.1 Å². The molecular formula is C14H18N4.